The van der Waals surface area contributed by atoms with Crippen molar-refractivity contribution in [1.29, 1.82) is 0 Å². The highest BCUT2D eigenvalue weighted by Crippen LogP contribution is 2.33. The van der Waals surface area contributed by atoms with E-state index in [2.05, 4.69) is 0 Å². The van der Waals surface area contributed by atoms with Crippen LogP contribution < -0.4 is 4.74 Å². The number of ether oxygens (including phenoxy) is 2. The Morgan fingerprint density at radius 1 is 1.13 bits per heavy atom. The monoisotopic (exact) mass is 553 g/mol. The van der Waals surface area contributed by atoms with Gasteiger partial charge in [-0.25, -0.2) is 9.07 Å². The van der Waals surface area contributed by atoms with Crippen LogP contribution in [0.3, 0.4) is 0 Å². The normalized spacial score (nSPS) is 15.0. The molecule has 1 aromatic heterocycles. The Labute approximate surface area is 230 Å². The zero-order valence-electron chi connectivity index (χ0n) is 20.7. The Kier molecular flexibility index (Phi) is 7.98. The molecule has 0 saturated carbocycles. The largest absolute Gasteiger partial charge is 0.438 e. The molecule has 0 aliphatic carbocycles. The van der Waals surface area contributed by atoms with Crippen molar-refractivity contribution in [2.24, 2.45) is 0 Å². The number of amides is 1. The van der Waals surface area contributed by atoms with Gasteiger partial charge in [-0.1, -0.05) is 41.4 Å². The minimum absolute atomic E-state index is 0.0827. The van der Waals surface area contributed by atoms with E-state index in [0.717, 1.165) is 12.8 Å². The molecule has 3 aromatic carbocycles. The van der Waals surface area contributed by atoms with E-state index in [4.69, 9.17) is 37.8 Å². The molecule has 1 aliphatic heterocycles. The van der Waals surface area contributed by atoms with E-state index in [9.17, 15) is 9.18 Å². The molecule has 1 atom stereocenters. The molecule has 1 saturated heterocycles. The van der Waals surface area contributed by atoms with Crippen molar-refractivity contribution < 1.29 is 18.7 Å². The third kappa shape index (κ3) is 5.85. The molecule has 0 N–H and O–H groups in total. The molecule has 0 spiro atoms. The predicted octanol–water partition coefficient (Wildman–Crippen LogP) is 7.24. The van der Waals surface area contributed by atoms with E-state index in [0.29, 0.717) is 57.3 Å². The molecule has 38 heavy (non-hydrogen) atoms. The van der Waals surface area contributed by atoms with Gasteiger partial charge in [0.05, 0.1) is 40.2 Å². The molecular weight excluding hydrogens is 528 g/mol. The summed E-state index contributed by atoms with van der Waals surface area (Å²) in [5.74, 6) is 0.0397. The lowest BCUT2D eigenvalue weighted by atomic mass is 10.1. The van der Waals surface area contributed by atoms with E-state index < -0.39 is 5.82 Å². The topological polar surface area (TPSA) is 56.6 Å². The van der Waals surface area contributed by atoms with Crippen LogP contribution in [0.5, 0.6) is 11.6 Å². The number of rotatable bonds is 8. The van der Waals surface area contributed by atoms with Gasteiger partial charge in [0.2, 0.25) is 5.88 Å². The minimum Gasteiger partial charge on any atom is -0.438 e. The van der Waals surface area contributed by atoms with E-state index in [-0.39, 0.29) is 18.6 Å². The van der Waals surface area contributed by atoms with Gasteiger partial charge >= 0.3 is 0 Å². The zero-order chi connectivity index (χ0) is 26.6. The summed E-state index contributed by atoms with van der Waals surface area (Å²) in [5.41, 5.74) is 2.46. The van der Waals surface area contributed by atoms with Crippen LogP contribution in [-0.2, 0) is 11.3 Å². The van der Waals surface area contributed by atoms with Crippen LogP contribution in [0, 0.1) is 12.7 Å². The summed E-state index contributed by atoms with van der Waals surface area (Å²) in [7, 11) is 0. The maximum absolute atomic E-state index is 14.0. The third-order valence-electron chi connectivity index (χ3n) is 6.41. The van der Waals surface area contributed by atoms with Crippen molar-refractivity contribution in [2.75, 3.05) is 13.2 Å². The number of halogens is 3. The first-order valence-corrected chi connectivity index (χ1v) is 13.1. The van der Waals surface area contributed by atoms with E-state index in [1.807, 2.05) is 19.1 Å². The van der Waals surface area contributed by atoms with Gasteiger partial charge in [-0.3, -0.25) is 4.79 Å². The standard InChI is InChI=1S/C29H26Cl2FN3O3/c1-19-26(18-34(17-24-8-5-15-37-24)28(36)25-9-2-3-10-27(25)31)29(38-23-7-4-6-21(32)16-23)35(33-19)22-13-11-20(30)12-14-22/h2-4,6-7,9-14,16,24H,5,8,15,17-18H2,1H3/t24-/m0/s1. The first kappa shape index (κ1) is 26.2. The van der Waals surface area contributed by atoms with Gasteiger partial charge in [-0.05, 0) is 68.3 Å². The average molecular weight is 554 g/mol. The van der Waals surface area contributed by atoms with Gasteiger partial charge in [-0.2, -0.15) is 5.10 Å². The summed E-state index contributed by atoms with van der Waals surface area (Å²) in [6.07, 6.45) is 1.73. The van der Waals surface area contributed by atoms with Crippen LogP contribution in [0.2, 0.25) is 10.0 Å². The number of benzene rings is 3. The number of nitrogens with zero attached hydrogens (tertiary/aromatic N) is 3. The first-order valence-electron chi connectivity index (χ1n) is 12.3. The van der Waals surface area contributed by atoms with E-state index in [1.165, 1.54) is 12.1 Å². The Hall–Kier alpha value is -3.39. The number of aromatic nitrogens is 2. The molecule has 0 radical (unpaired) electrons. The fourth-order valence-corrected chi connectivity index (χ4v) is 4.82. The number of hydrogen-bond donors (Lipinski definition) is 0. The highest BCUT2D eigenvalue weighted by Gasteiger charge is 2.28. The third-order valence-corrected chi connectivity index (χ3v) is 6.99. The van der Waals surface area contributed by atoms with Gasteiger partial charge in [0.15, 0.2) is 0 Å². The molecule has 0 unspecified atom stereocenters. The van der Waals surface area contributed by atoms with E-state index in [1.54, 1.807) is 58.1 Å². The van der Waals surface area contributed by atoms with Crippen molar-refractivity contribution in [3.63, 3.8) is 0 Å². The van der Waals surface area contributed by atoms with E-state index >= 15 is 0 Å². The summed E-state index contributed by atoms with van der Waals surface area (Å²) in [6, 6.07) is 20.0. The molecule has 9 heteroatoms. The van der Waals surface area contributed by atoms with Crippen molar-refractivity contribution in [3.8, 4) is 17.3 Å². The summed E-state index contributed by atoms with van der Waals surface area (Å²) >= 11 is 12.5. The fraction of sp³-hybridized carbons (Fsp3) is 0.241. The molecule has 4 aromatic rings. The highest BCUT2D eigenvalue weighted by atomic mass is 35.5. The van der Waals surface area contributed by atoms with Crippen molar-refractivity contribution in [3.05, 3.63) is 105 Å². The fourth-order valence-electron chi connectivity index (χ4n) is 4.47. The molecule has 1 aliphatic rings. The van der Waals surface area contributed by atoms with Crippen LogP contribution in [0.1, 0.15) is 34.5 Å². The lowest BCUT2D eigenvalue weighted by Gasteiger charge is -2.26. The Balaban J connectivity index is 1.57. The summed E-state index contributed by atoms with van der Waals surface area (Å²) in [6.45, 7) is 3.09. The van der Waals surface area contributed by atoms with Crippen LogP contribution in [0.25, 0.3) is 5.69 Å². The number of carbonyl (C=O) groups is 1. The molecule has 6 nitrogen and oxygen atoms in total. The second-order valence-corrected chi connectivity index (χ2v) is 9.96. The van der Waals surface area contributed by atoms with Crippen molar-refractivity contribution in [2.45, 2.75) is 32.4 Å². The Morgan fingerprint density at radius 3 is 2.63 bits per heavy atom. The van der Waals surface area contributed by atoms with Crippen molar-refractivity contribution >= 4 is 29.1 Å². The highest BCUT2D eigenvalue weighted by molar-refractivity contribution is 6.33. The molecule has 1 amide bonds. The van der Waals surface area contributed by atoms with Crippen molar-refractivity contribution in [1.82, 2.24) is 14.7 Å². The lowest BCUT2D eigenvalue weighted by molar-refractivity contribution is 0.0505. The zero-order valence-corrected chi connectivity index (χ0v) is 22.3. The molecule has 0 bridgehead atoms. The van der Waals surface area contributed by atoms with Crippen LogP contribution in [-0.4, -0.2) is 39.8 Å². The number of hydrogen-bond acceptors (Lipinski definition) is 4. The van der Waals surface area contributed by atoms with Gasteiger partial charge in [0, 0.05) is 24.2 Å². The Morgan fingerprint density at radius 2 is 1.92 bits per heavy atom. The molecule has 5 rings (SSSR count). The SMILES string of the molecule is Cc1nn(-c2ccc(Cl)cc2)c(Oc2cccc(F)c2)c1CN(C[C@@H]1CCCO1)C(=O)c1ccccc1Cl. The number of carbonyl (C=O) groups excluding carboxylic acids is 1. The van der Waals surface area contributed by atoms with Gasteiger partial charge in [0.1, 0.15) is 11.6 Å². The predicted molar refractivity (Wildman–Crippen MR) is 145 cm³/mol. The van der Waals surface area contributed by atoms with Gasteiger partial charge < -0.3 is 14.4 Å². The molecule has 1 fully saturated rings. The average Bonchev–Trinajstić information content (AvgIpc) is 3.52. The smallest absolute Gasteiger partial charge is 0.255 e. The second kappa shape index (κ2) is 11.6. The van der Waals surface area contributed by atoms with Gasteiger partial charge in [0.25, 0.3) is 5.91 Å². The van der Waals surface area contributed by atoms with Gasteiger partial charge in [-0.15, -0.1) is 0 Å². The molecule has 196 valence electrons. The maximum Gasteiger partial charge on any atom is 0.255 e. The maximum atomic E-state index is 14.0. The molecular formula is C29H26Cl2FN3O3. The first-order chi connectivity index (χ1) is 18.4. The molecule has 2 heterocycles. The number of aryl methyl sites for hydroxylation is 1. The second-order valence-electron chi connectivity index (χ2n) is 9.12. The lowest BCUT2D eigenvalue weighted by Crippen LogP contribution is -2.37. The Bertz CT molecular complexity index is 1440. The van der Waals surface area contributed by atoms with Crippen LogP contribution >= 0.6 is 23.2 Å². The summed E-state index contributed by atoms with van der Waals surface area (Å²) in [4.78, 5) is 15.5. The summed E-state index contributed by atoms with van der Waals surface area (Å²) < 4.78 is 27.7. The quantitative estimate of drug-likeness (QED) is 0.231. The minimum atomic E-state index is -0.424. The summed E-state index contributed by atoms with van der Waals surface area (Å²) in [5, 5.41) is 5.68. The van der Waals surface area contributed by atoms with Crippen LogP contribution in [0.4, 0.5) is 4.39 Å². The van der Waals surface area contributed by atoms with Crippen LogP contribution in [0.15, 0.2) is 72.8 Å².